The molecule has 0 radical (unpaired) electrons. The second kappa shape index (κ2) is 4.26. The lowest BCUT2D eigenvalue weighted by atomic mass is 10.1. The van der Waals surface area contributed by atoms with Gasteiger partial charge in [-0.05, 0) is 17.2 Å². The fraction of sp³-hybridized carbons (Fsp3) is 0.250. The van der Waals surface area contributed by atoms with Crippen molar-refractivity contribution in [3.8, 4) is 5.75 Å². The van der Waals surface area contributed by atoms with Crippen molar-refractivity contribution < 1.29 is 4.74 Å². The quantitative estimate of drug-likeness (QED) is 0.794. The topological polar surface area (TPSA) is 53.1 Å². The van der Waals surface area contributed by atoms with Gasteiger partial charge < -0.3 is 10.5 Å². The van der Waals surface area contributed by atoms with E-state index in [-0.39, 0.29) is 0 Å². The monoisotopic (exact) mass is 217 g/mol. The highest BCUT2D eigenvalue weighted by atomic mass is 16.5. The first-order valence-electron chi connectivity index (χ1n) is 5.09. The Morgan fingerprint density at radius 2 is 2.25 bits per heavy atom. The first kappa shape index (κ1) is 10.5. The third-order valence-corrected chi connectivity index (χ3v) is 2.53. The van der Waals surface area contributed by atoms with Gasteiger partial charge in [0.2, 0.25) is 0 Å². The maximum absolute atomic E-state index is 6.00. The minimum absolute atomic E-state index is 0.703. The fourth-order valence-electron chi connectivity index (χ4n) is 1.70. The van der Waals surface area contributed by atoms with Crippen LogP contribution in [0.2, 0.25) is 0 Å². The van der Waals surface area contributed by atoms with Crippen LogP contribution in [0, 0.1) is 0 Å². The summed E-state index contributed by atoms with van der Waals surface area (Å²) in [6.07, 6.45) is 4.61. The predicted molar refractivity (Wildman–Crippen MR) is 63.4 cm³/mol. The van der Waals surface area contributed by atoms with Gasteiger partial charge in [0.05, 0.1) is 19.0 Å². The molecule has 1 aromatic carbocycles. The van der Waals surface area contributed by atoms with Crippen LogP contribution in [0.1, 0.15) is 11.1 Å². The molecule has 0 fully saturated rings. The van der Waals surface area contributed by atoms with Crippen molar-refractivity contribution in [2.75, 3.05) is 12.8 Å². The minimum Gasteiger partial charge on any atom is -0.495 e. The second-order valence-electron chi connectivity index (χ2n) is 3.73. The molecule has 2 rings (SSSR count). The summed E-state index contributed by atoms with van der Waals surface area (Å²) < 4.78 is 6.97. The molecule has 0 aliphatic carbocycles. The zero-order chi connectivity index (χ0) is 11.5. The Balaban J connectivity index is 2.28. The Morgan fingerprint density at radius 3 is 2.88 bits per heavy atom. The zero-order valence-corrected chi connectivity index (χ0v) is 9.47. The molecule has 0 aliphatic rings. The summed E-state index contributed by atoms with van der Waals surface area (Å²) >= 11 is 0. The highest BCUT2D eigenvalue weighted by Crippen LogP contribution is 2.26. The number of nitrogens with zero attached hydrogens (tertiary/aromatic N) is 2. The lowest BCUT2D eigenvalue weighted by Gasteiger charge is -2.08. The smallest absolute Gasteiger partial charge is 0.142 e. The van der Waals surface area contributed by atoms with E-state index < -0.39 is 0 Å². The van der Waals surface area contributed by atoms with Crippen molar-refractivity contribution in [2.45, 2.75) is 6.42 Å². The van der Waals surface area contributed by atoms with Crippen LogP contribution in [0.4, 0.5) is 5.69 Å². The van der Waals surface area contributed by atoms with Gasteiger partial charge in [-0.1, -0.05) is 12.1 Å². The first-order valence-corrected chi connectivity index (χ1v) is 5.09. The largest absolute Gasteiger partial charge is 0.495 e. The summed E-state index contributed by atoms with van der Waals surface area (Å²) in [5.41, 5.74) is 8.90. The van der Waals surface area contributed by atoms with E-state index in [9.17, 15) is 0 Å². The number of ether oxygens (including phenoxy) is 1. The molecule has 0 amide bonds. The van der Waals surface area contributed by atoms with Crippen LogP contribution in [0.15, 0.2) is 30.6 Å². The van der Waals surface area contributed by atoms with Crippen LogP contribution in [-0.4, -0.2) is 16.9 Å². The van der Waals surface area contributed by atoms with Gasteiger partial charge in [0.25, 0.3) is 0 Å². The van der Waals surface area contributed by atoms with Crippen molar-refractivity contribution in [2.24, 2.45) is 7.05 Å². The number of nitrogens with two attached hydrogens (primary N) is 1. The van der Waals surface area contributed by atoms with Crippen molar-refractivity contribution in [3.63, 3.8) is 0 Å². The summed E-state index contributed by atoms with van der Waals surface area (Å²) in [7, 11) is 3.53. The minimum atomic E-state index is 0.703. The molecule has 4 nitrogen and oxygen atoms in total. The summed E-state index contributed by atoms with van der Waals surface area (Å²) in [5, 5.41) is 4.13. The van der Waals surface area contributed by atoms with Crippen molar-refractivity contribution >= 4 is 5.69 Å². The van der Waals surface area contributed by atoms with Crippen LogP contribution in [0.3, 0.4) is 0 Å². The lowest BCUT2D eigenvalue weighted by Crippen LogP contribution is -1.98. The summed E-state index contributed by atoms with van der Waals surface area (Å²) in [5.74, 6) is 0.724. The van der Waals surface area contributed by atoms with Gasteiger partial charge in [0.15, 0.2) is 0 Å². The van der Waals surface area contributed by atoms with Crippen LogP contribution >= 0.6 is 0 Å². The Morgan fingerprint density at radius 1 is 1.44 bits per heavy atom. The maximum atomic E-state index is 6.00. The Bertz CT molecular complexity index is 491. The number of para-hydroxylation sites is 1. The lowest BCUT2D eigenvalue weighted by molar-refractivity contribution is 0.416. The van der Waals surface area contributed by atoms with E-state index in [2.05, 4.69) is 5.10 Å². The fourth-order valence-corrected chi connectivity index (χ4v) is 1.70. The molecule has 0 spiro atoms. The van der Waals surface area contributed by atoms with E-state index in [0.717, 1.165) is 23.3 Å². The molecule has 1 heterocycles. The number of benzene rings is 1. The van der Waals surface area contributed by atoms with Gasteiger partial charge in [0.1, 0.15) is 5.75 Å². The van der Waals surface area contributed by atoms with Gasteiger partial charge in [-0.15, -0.1) is 0 Å². The normalized spacial score (nSPS) is 10.4. The third kappa shape index (κ3) is 2.00. The number of anilines is 1. The van der Waals surface area contributed by atoms with E-state index in [1.54, 1.807) is 11.8 Å². The molecule has 4 heteroatoms. The molecule has 0 atom stereocenters. The zero-order valence-electron chi connectivity index (χ0n) is 9.47. The molecule has 2 aromatic rings. The summed E-state index contributed by atoms with van der Waals surface area (Å²) in [6, 6.07) is 5.81. The van der Waals surface area contributed by atoms with Gasteiger partial charge >= 0.3 is 0 Å². The Labute approximate surface area is 94.6 Å². The van der Waals surface area contributed by atoms with E-state index in [1.165, 1.54) is 0 Å². The number of aromatic nitrogens is 2. The second-order valence-corrected chi connectivity index (χ2v) is 3.73. The van der Waals surface area contributed by atoms with E-state index in [4.69, 9.17) is 10.5 Å². The van der Waals surface area contributed by atoms with Gasteiger partial charge in [-0.2, -0.15) is 5.10 Å². The van der Waals surface area contributed by atoms with Gasteiger partial charge in [0, 0.05) is 19.7 Å². The van der Waals surface area contributed by atoms with Crippen LogP contribution < -0.4 is 10.5 Å². The number of hydrogen-bond donors (Lipinski definition) is 1. The summed E-state index contributed by atoms with van der Waals surface area (Å²) in [6.45, 7) is 0. The van der Waals surface area contributed by atoms with Gasteiger partial charge in [-0.3, -0.25) is 4.68 Å². The van der Waals surface area contributed by atoms with Crippen LogP contribution in [0.25, 0.3) is 0 Å². The molecular formula is C12H15N3O. The number of hydrogen-bond acceptors (Lipinski definition) is 3. The molecule has 0 unspecified atom stereocenters. The Kier molecular flexibility index (Phi) is 2.81. The molecule has 16 heavy (non-hydrogen) atoms. The number of aryl methyl sites for hydroxylation is 1. The molecule has 0 saturated heterocycles. The number of methoxy groups -OCH3 is 1. The highest BCUT2D eigenvalue weighted by molar-refractivity contribution is 5.59. The first-order chi connectivity index (χ1) is 7.70. The number of nitrogen functional groups attached to an aromatic ring is 1. The molecule has 0 bridgehead atoms. The maximum Gasteiger partial charge on any atom is 0.142 e. The third-order valence-electron chi connectivity index (χ3n) is 2.53. The van der Waals surface area contributed by atoms with E-state index in [1.807, 2.05) is 37.6 Å². The molecule has 0 saturated carbocycles. The number of rotatable bonds is 3. The highest BCUT2D eigenvalue weighted by Gasteiger charge is 2.06. The average Bonchev–Trinajstić information content (AvgIpc) is 2.67. The molecule has 2 N–H and O–H groups in total. The average molecular weight is 217 g/mol. The molecule has 0 aliphatic heterocycles. The summed E-state index contributed by atoms with van der Waals surface area (Å²) in [4.78, 5) is 0. The molecular weight excluding hydrogens is 202 g/mol. The van der Waals surface area contributed by atoms with Gasteiger partial charge in [-0.25, -0.2) is 0 Å². The van der Waals surface area contributed by atoms with Crippen LogP contribution in [-0.2, 0) is 13.5 Å². The molecule has 84 valence electrons. The van der Waals surface area contributed by atoms with Crippen molar-refractivity contribution in [3.05, 3.63) is 41.7 Å². The SMILES string of the molecule is COc1cccc(Cc2cnn(C)c2)c1N. The molecule has 1 aromatic heterocycles. The van der Waals surface area contributed by atoms with Crippen LogP contribution in [0.5, 0.6) is 5.75 Å². The van der Waals surface area contributed by atoms with E-state index in [0.29, 0.717) is 5.69 Å². The van der Waals surface area contributed by atoms with Crippen molar-refractivity contribution in [1.29, 1.82) is 0 Å². The Hall–Kier alpha value is -1.97. The predicted octanol–water partition coefficient (Wildman–Crippen LogP) is 1.60. The van der Waals surface area contributed by atoms with E-state index >= 15 is 0 Å². The van der Waals surface area contributed by atoms with Crippen molar-refractivity contribution in [1.82, 2.24) is 9.78 Å². The standard InChI is InChI=1S/C12H15N3O/c1-15-8-9(7-14-15)6-10-4-3-5-11(16-2)12(10)13/h3-5,7-8H,6,13H2,1-2H3.